The van der Waals surface area contributed by atoms with Gasteiger partial charge >= 0.3 is 11.9 Å². The van der Waals surface area contributed by atoms with E-state index in [4.69, 9.17) is 15.9 Å². The van der Waals surface area contributed by atoms with Crippen molar-refractivity contribution >= 4 is 17.6 Å². The molecule has 0 aliphatic heterocycles. The molecule has 0 saturated heterocycles. The van der Waals surface area contributed by atoms with Crippen LogP contribution in [0.4, 0.5) is 5.69 Å². The Labute approximate surface area is 169 Å². The Bertz CT molecular complexity index is 951. The number of anilines is 1. The van der Waals surface area contributed by atoms with E-state index in [2.05, 4.69) is 0 Å². The first-order chi connectivity index (χ1) is 12.0. The minimum Gasteiger partial charge on any atom is -0.478 e. The molecule has 0 spiro atoms. The number of aromatic carboxylic acids is 2. The number of carboxylic acids is 2. The summed E-state index contributed by atoms with van der Waals surface area (Å²) >= 11 is 0. The number of nitrogens with two attached hydrogens (primary N) is 1. The molecule has 0 saturated carbocycles. The van der Waals surface area contributed by atoms with Gasteiger partial charge in [-0.1, -0.05) is 36.4 Å². The number of hydrogen-bond acceptors (Lipinski definition) is 3. The van der Waals surface area contributed by atoms with Gasteiger partial charge in [0.2, 0.25) is 0 Å². The molecule has 0 aliphatic rings. The van der Waals surface area contributed by atoms with E-state index in [-0.39, 0.29) is 37.3 Å². The molecule has 0 bridgehead atoms. The van der Waals surface area contributed by atoms with E-state index in [1.807, 2.05) is 18.2 Å². The Morgan fingerprint density at radius 2 is 1.08 bits per heavy atom. The van der Waals surface area contributed by atoms with Gasteiger partial charge in [-0.25, -0.2) is 9.59 Å². The molecule has 128 valence electrons. The molecule has 0 unspecified atom stereocenters. The number of nitrogen functional groups attached to an aromatic ring is 1. The normalized spacial score (nSPS) is 10.0. The van der Waals surface area contributed by atoms with Crippen LogP contribution in [0, 0.1) is 0 Å². The summed E-state index contributed by atoms with van der Waals surface area (Å²) < 4.78 is 0. The smallest absolute Gasteiger partial charge is 0.335 e. The van der Waals surface area contributed by atoms with Crippen LogP contribution < -0.4 is 5.73 Å². The first-order valence-electron chi connectivity index (χ1n) is 7.52. The summed E-state index contributed by atoms with van der Waals surface area (Å²) in [6.07, 6.45) is 0. The van der Waals surface area contributed by atoms with Crippen LogP contribution in [0.5, 0.6) is 0 Å². The van der Waals surface area contributed by atoms with Gasteiger partial charge in [-0.15, -0.1) is 0 Å². The number of carboxylic acid groups (broad SMARTS) is 2. The first kappa shape index (κ1) is 19.6. The zero-order valence-corrected chi connectivity index (χ0v) is 16.1. The summed E-state index contributed by atoms with van der Waals surface area (Å²) in [4.78, 5) is 21.8. The van der Waals surface area contributed by atoms with E-state index in [1.54, 1.807) is 36.4 Å². The fourth-order valence-electron chi connectivity index (χ4n) is 2.60. The Balaban J connectivity index is 0.00000243. The van der Waals surface area contributed by atoms with Crippen LogP contribution in [0.15, 0.2) is 66.7 Å². The number of rotatable bonds is 4. The zero-order chi connectivity index (χ0) is 18.0. The monoisotopic (exact) mass is 423 g/mol. The second kappa shape index (κ2) is 8.11. The van der Waals surface area contributed by atoms with Gasteiger partial charge in [0.05, 0.1) is 11.1 Å². The van der Waals surface area contributed by atoms with E-state index in [0.717, 1.165) is 22.3 Å². The van der Waals surface area contributed by atoms with E-state index in [9.17, 15) is 9.59 Å². The average molecular weight is 425 g/mol. The molecular formula is C20H15NO4Zr. The van der Waals surface area contributed by atoms with E-state index in [0.29, 0.717) is 5.69 Å². The topological polar surface area (TPSA) is 101 Å². The van der Waals surface area contributed by atoms with Gasteiger partial charge in [-0.3, -0.25) is 0 Å². The third kappa shape index (κ3) is 4.09. The van der Waals surface area contributed by atoms with Crippen molar-refractivity contribution in [1.29, 1.82) is 0 Å². The van der Waals surface area contributed by atoms with Crippen molar-refractivity contribution in [3.05, 3.63) is 77.9 Å². The molecule has 26 heavy (non-hydrogen) atoms. The fraction of sp³-hybridized carbons (Fsp3) is 0. The summed E-state index contributed by atoms with van der Waals surface area (Å²) in [5.41, 5.74) is 10.5. The maximum Gasteiger partial charge on any atom is 0.335 e. The van der Waals surface area contributed by atoms with Crippen molar-refractivity contribution in [2.24, 2.45) is 0 Å². The Kier molecular flexibility index (Phi) is 6.11. The average Bonchev–Trinajstić information content (AvgIpc) is 2.62. The van der Waals surface area contributed by atoms with Crippen LogP contribution in [0.3, 0.4) is 0 Å². The second-order valence-electron chi connectivity index (χ2n) is 5.57. The summed E-state index contributed by atoms with van der Waals surface area (Å²) in [6, 6.07) is 18.7. The second-order valence-corrected chi connectivity index (χ2v) is 5.57. The van der Waals surface area contributed by atoms with Crippen LogP contribution in [-0.4, -0.2) is 22.2 Å². The largest absolute Gasteiger partial charge is 0.478 e. The standard InChI is InChI=1S/C20H15NO4.Zr/c21-18-11-16(12-1-5-14(6-2-12)19(22)23)9-10-17(18)13-3-7-15(8-4-13)20(24)25;/h1-11H,21H2,(H,22,23)(H,24,25);. The molecule has 3 aromatic rings. The molecular weight excluding hydrogens is 409 g/mol. The van der Waals surface area contributed by atoms with Gasteiger partial charge in [-0.05, 0) is 47.0 Å². The van der Waals surface area contributed by atoms with E-state index < -0.39 is 11.9 Å². The molecule has 0 heterocycles. The molecule has 5 nitrogen and oxygen atoms in total. The van der Waals surface area contributed by atoms with E-state index in [1.165, 1.54) is 12.1 Å². The van der Waals surface area contributed by atoms with Crippen LogP contribution in [0.2, 0.25) is 0 Å². The van der Waals surface area contributed by atoms with Gasteiger partial charge in [0.15, 0.2) is 0 Å². The maximum atomic E-state index is 10.9. The molecule has 0 atom stereocenters. The van der Waals surface area contributed by atoms with Crippen molar-refractivity contribution in [2.75, 3.05) is 5.73 Å². The predicted octanol–water partition coefficient (Wildman–Crippen LogP) is 4.00. The number of carbonyl (C=O) groups is 2. The molecule has 0 amide bonds. The molecule has 0 aromatic heterocycles. The molecule has 0 radical (unpaired) electrons. The third-order valence-electron chi connectivity index (χ3n) is 3.96. The third-order valence-corrected chi connectivity index (χ3v) is 3.96. The minimum atomic E-state index is -0.973. The van der Waals surface area contributed by atoms with Crippen LogP contribution in [0.1, 0.15) is 20.7 Å². The number of hydrogen-bond donors (Lipinski definition) is 3. The zero-order valence-electron chi connectivity index (χ0n) is 13.6. The molecule has 6 heteroatoms. The van der Waals surface area contributed by atoms with Crippen molar-refractivity contribution < 1.29 is 46.0 Å². The fourth-order valence-corrected chi connectivity index (χ4v) is 2.60. The van der Waals surface area contributed by atoms with Crippen molar-refractivity contribution in [2.45, 2.75) is 0 Å². The molecule has 0 fully saturated rings. The quantitative estimate of drug-likeness (QED) is 0.550. The van der Waals surface area contributed by atoms with Crippen LogP contribution >= 0.6 is 0 Å². The van der Waals surface area contributed by atoms with Crippen molar-refractivity contribution in [1.82, 2.24) is 0 Å². The molecule has 3 rings (SSSR count). The van der Waals surface area contributed by atoms with Gasteiger partial charge in [0.1, 0.15) is 0 Å². The van der Waals surface area contributed by atoms with Gasteiger partial charge in [0.25, 0.3) is 0 Å². The van der Waals surface area contributed by atoms with Crippen LogP contribution in [-0.2, 0) is 26.2 Å². The summed E-state index contributed by atoms with van der Waals surface area (Å²) in [5.74, 6) is -1.94. The van der Waals surface area contributed by atoms with Gasteiger partial charge in [0, 0.05) is 37.5 Å². The summed E-state index contributed by atoms with van der Waals surface area (Å²) in [6.45, 7) is 0. The summed E-state index contributed by atoms with van der Waals surface area (Å²) in [5, 5.41) is 17.9. The Hall–Kier alpha value is -2.72. The number of benzene rings is 3. The Morgan fingerprint density at radius 1 is 0.654 bits per heavy atom. The minimum absolute atomic E-state index is 0. The van der Waals surface area contributed by atoms with Gasteiger partial charge in [-0.2, -0.15) is 0 Å². The maximum absolute atomic E-state index is 10.9. The van der Waals surface area contributed by atoms with E-state index >= 15 is 0 Å². The van der Waals surface area contributed by atoms with Crippen molar-refractivity contribution in [3.63, 3.8) is 0 Å². The molecule has 3 aromatic carbocycles. The Morgan fingerprint density at radius 3 is 1.50 bits per heavy atom. The molecule has 4 N–H and O–H groups in total. The predicted molar refractivity (Wildman–Crippen MR) is 95.6 cm³/mol. The first-order valence-corrected chi connectivity index (χ1v) is 7.52. The summed E-state index contributed by atoms with van der Waals surface area (Å²) in [7, 11) is 0. The van der Waals surface area contributed by atoms with Crippen LogP contribution in [0.25, 0.3) is 22.3 Å². The SMILES string of the molecule is Nc1cc(-c2ccc(C(=O)O)cc2)ccc1-c1ccc(C(=O)O)cc1.[Zr]. The van der Waals surface area contributed by atoms with Crippen molar-refractivity contribution in [3.8, 4) is 22.3 Å². The molecule has 0 aliphatic carbocycles. The van der Waals surface area contributed by atoms with Gasteiger partial charge < -0.3 is 15.9 Å².